The molecule has 0 atom stereocenters. The van der Waals surface area contributed by atoms with Gasteiger partial charge in [-0.1, -0.05) is 18.2 Å². The van der Waals surface area contributed by atoms with Gasteiger partial charge in [-0.3, -0.25) is 4.79 Å². The van der Waals surface area contributed by atoms with Gasteiger partial charge in [0.2, 0.25) is 0 Å². The minimum absolute atomic E-state index is 0.00811. The van der Waals surface area contributed by atoms with E-state index < -0.39 is 0 Å². The molecule has 0 aliphatic carbocycles. The molecule has 1 amide bonds. The monoisotopic (exact) mass is 364 g/mol. The summed E-state index contributed by atoms with van der Waals surface area (Å²) in [5.41, 5.74) is 6.18. The molecule has 5 nitrogen and oxygen atoms in total. The summed E-state index contributed by atoms with van der Waals surface area (Å²) in [5, 5.41) is 9.05. The highest BCUT2D eigenvalue weighted by atomic mass is 16.2. The smallest absolute Gasteiger partial charge is 0.258 e. The minimum Gasteiger partial charge on any atom is -0.321 e. The maximum absolute atomic E-state index is 12.7. The van der Waals surface area contributed by atoms with Crippen LogP contribution in [0.25, 0.3) is 11.8 Å². The van der Waals surface area contributed by atoms with E-state index in [4.69, 9.17) is 5.26 Å². The summed E-state index contributed by atoms with van der Waals surface area (Å²) in [7, 11) is 1.81. The van der Waals surface area contributed by atoms with Crippen molar-refractivity contribution in [1.29, 1.82) is 5.26 Å². The third kappa shape index (κ3) is 2.32. The maximum Gasteiger partial charge on any atom is 0.258 e. The quantitative estimate of drug-likeness (QED) is 0.684. The molecule has 0 spiro atoms. The van der Waals surface area contributed by atoms with Gasteiger partial charge >= 0.3 is 0 Å². The zero-order chi connectivity index (χ0) is 19.3. The topological polar surface area (TPSA) is 60.2 Å². The Balaban J connectivity index is 1.71. The predicted molar refractivity (Wildman–Crippen MR) is 108 cm³/mol. The lowest BCUT2D eigenvalue weighted by Gasteiger charge is -2.26. The molecule has 0 saturated carbocycles. The molecule has 2 aromatic carbocycles. The predicted octanol–water partition coefficient (Wildman–Crippen LogP) is 4.19. The molecular weight excluding hydrogens is 348 g/mol. The molecule has 5 heteroatoms. The summed E-state index contributed by atoms with van der Waals surface area (Å²) in [6.07, 6.45) is 3.82. The summed E-state index contributed by atoms with van der Waals surface area (Å²) in [4.78, 5) is 21.2. The first-order valence-corrected chi connectivity index (χ1v) is 9.02. The Morgan fingerprint density at radius 3 is 2.68 bits per heavy atom. The maximum atomic E-state index is 12.7. The van der Waals surface area contributed by atoms with Crippen LogP contribution in [0.15, 0.2) is 60.8 Å². The number of carbonyl (C=O) groups excluding carboxylic acids is 1. The Bertz CT molecular complexity index is 1190. The normalized spacial score (nSPS) is 14.1. The molecule has 0 fully saturated rings. The zero-order valence-electron chi connectivity index (χ0n) is 15.3. The largest absolute Gasteiger partial charge is 0.321 e. The lowest BCUT2D eigenvalue weighted by Crippen LogP contribution is -2.19. The van der Waals surface area contributed by atoms with Crippen molar-refractivity contribution in [1.82, 2.24) is 9.88 Å². The van der Waals surface area contributed by atoms with Crippen LogP contribution in [-0.4, -0.2) is 22.8 Å². The first kappa shape index (κ1) is 16.3. The van der Waals surface area contributed by atoms with Crippen LogP contribution in [0.3, 0.4) is 0 Å². The van der Waals surface area contributed by atoms with Crippen molar-refractivity contribution >= 4 is 29.2 Å². The average Bonchev–Trinajstić information content (AvgIpc) is 2.89. The average molecular weight is 364 g/mol. The number of carbonyl (C=O) groups is 1. The number of nitrogens with zero attached hydrogens (tertiary/aromatic N) is 4. The van der Waals surface area contributed by atoms with E-state index >= 15 is 0 Å². The van der Waals surface area contributed by atoms with Gasteiger partial charge in [-0.2, -0.15) is 5.26 Å². The van der Waals surface area contributed by atoms with Gasteiger partial charge in [0.05, 0.1) is 28.6 Å². The van der Waals surface area contributed by atoms with Crippen LogP contribution in [0.1, 0.15) is 32.6 Å². The van der Waals surface area contributed by atoms with Gasteiger partial charge in [0.1, 0.15) is 5.82 Å². The standard InChI is InChI=1S/C23H16N4O/c1-26-20-12-17-4-3-11-25-22(17)27(14-16-9-7-15(13-24)8-10-16)19-6-2-5-18(21(19)20)23(26)28/h2-12H,14H2,1H3. The fourth-order valence-corrected chi connectivity index (χ4v) is 3.88. The molecule has 134 valence electrons. The Morgan fingerprint density at radius 1 is 1.07 bits per heavy atom. The summed E-state index contributed by atoms with van der Waals surface area (Å²) in [5.74, 6) is 0.858. The number of pyridine rings is 1. The van der Waals surface area contributed by atoms with E-state index in [9.17, 15) is 4.79 Å². The van der Waals surface area contributed by atoms with Crippen molar-refractivity contribution in [2.45, 2.75) is 6.54 Å². The molecule has 0 unspecified atom stereocenters. The van der Waals surface area contributed by atoms with Crippen molar-refractivity contribution in [3.05, 3.63) is 88.6 Å². The number of benzene rings is 2. The van der Waals surface area contributed by atoms with Crippen molar-refractivity contribution < 1.29 is 4.79 Å². The highest BCUT2D eigenvalue weighted by Crippen LogP contribution is 2.45. The van der Waals surface area contributed by atoms with Gasteiger partial charge in [0.25, 0.3) is 5.91 Å². The molecule has 0 N–H and O–H groups in total. The summed E-state index contributed by atoms with van der Waals surface area (Å²) in [6, 6.07) is 19.5. The second-order valence-corrected chi connectivity index (χ2v) is 6.90. The van der Waals surface area contributed by atoms with Gasteiger partial charge < -0.3 is 9.80 Å². The van der Waals surface area contributed by atoms with Crippen LogP contribution in [0.5, 0.6) is 0 Å². The SMILES string of the molecule is CN1C(=O)c2cccc3c2C1=Cc1cccnc1N3Cc1ccc(C#N)cc1. The molecule has 0 saturated heterocycles. The molecule has 3 heterocycles. The van der Waals surface area contributed by atoms with Crippen LogP contribution in [0.2, 0.25) is 0 Å². The van der Waals surface area contributed by atoms with Crippen molar-refractivity contribution in [3.8, 4) is 6.07 Å². The van der Waals surface area contributed by atoms with Gasteiger partial charge in [0.15, 0.2) is 0 Å². The molecule has 1 aromatic heterocycles. The molecule has 2 aliphatic heterocycles. The Morgan fingerprint density at radius 2 is 1.89 bits per heavy atom. The Kier molecular flexibility index (Phi) is 3.53. The summed E-state index contributed by atoms with van der Waals surface area (Å²) >= 11 is 0. The molecular formula is C23H16N4O. The van der Waals surface area contributed by atoms with E-state index in [1.165, 1.54) is 0 Å². The molecule has 3 aromatic rings. The first-order valence-electron chi connectivity index (χ1n) is 9.02. The number of rotatable bonds is 2. The first-order chi connectivity index (χ1) is 13.7. The van der Waals surface area contributed by atoms with Crippen LogP contribution >= 0.6 is 0 Å². The number of amides is 1. The Labute approximate surface area is 162 Å². The van der Waals surface area contributed by atoms with Crippen LogP contribution in [0.4, 0.5) is 11.5 Å². The van der Waals surface area contributed by atoms with Crippen molar-refractivity contribution in [2.24, 2.45) is 0 Å². The van der Waals surface area contributed by atoms with Crippen LogP contribution < -0.4 is 4.90 Å². The van der Waals surface area contributed by atoms with E-state index in [0.29, 0.717) is 17.7 Å². The van der Waals surface area contributed by atoms with E-state index in [-0.39, 0.29) is 5.91 Å². The minimum atomic E-state index is 0.00811. The number of anilines is 2. The number of hydrogen-bond donors (Lipinski definition) is 0. The van der Waals surface area contributed by atoms with E-state index in [2.05, 4.69) is 16.0 Å². The molecule has 28 heavy (non-hydrogen) atoms. The fraction of sp³-hybridized carbons (Fsp3) is 0.0870. The van der Waals surface area contributed by atoms with Crippen LogP contribution in [-0.2, 0) is 6.54 Å². The lowest BCUT2D eigenvalue weighted by atomic mass is 10.0. The fourth-order valence-electron chi connectivity index (χ4n) is 3.88. The molecule has 5 rings (SSSR count). The van der Waals surface area contributed by atoms with E-state index in [0.717, 1.165) is 33.9 Å². The van der Waals surface area contributed by atoms with Crippen LogP contribution in [0, 0.1) is 11.3 Å². The second-order valence-electron chi connectivity index (χ2n) is 6.90. The van der Waals surface area contributed by atoms with Crippen molar-refractivity contribution in [3.63, 3.8) is 0 Å². The number of nitriles is 1. The molecule has 0 bridgehead atoms. The third-order valence-electron chi connectivity index (χ3n) is 5.27. The lowest BCUT2D eigenvalue weighted by molar-refractivity contribution is 0.0875. The summed E-state index contributed by atoms with van der Waals surface area (Å²) in [6.45, 7) is 0.588. The number of aromatic nitrogens is 1. The van der Waals surface area contributed by atoms with E-state index in [1.807, 2.05) is 67.7 Å². The second kappa shape index (κ2) is 6.07. The number of hydrogen-bond acceptors (Lipinski definition) is 4. The number of fused-ring (bicyclic) bond motifs is 1. The van der Waals surface area contributed by atoms with Gasteiger partial charge in [-0.15, -0.1) is 0 Å². The van der Waals surface area contributed by atoms with E-state index in [1.54, 1.807) is 11.1 Å². The van der Waals surface area contributed by atoms with Gasteiger partial charge in [-0.05, 0) is 48.0 Å². The molecule has 2 aliphatic rings. The molecule has 0 radical (unpaired) electrons. The van der Waals surface area contributed by atoms with Crippen molar-refractivity contribution in [2.75, 3.05) is 11.9 Å². The van der Waals surface area contributed by atoms with Gasteiger partial charge in [0, 0.05) is 30.9 Å². The third-order valence-corrected chi connectivity index (χ3v) is 5.27. The zero-order valence-corrected chi connectivity index (χ0v) is 15.3. The highest BCUT2D eigenvalue weighted by Gasteiger charge is 2.35. The highest BCUT2D eigenvalue weighted by molar-refractivity contribution is 6.15. The summed E-state index contributed by atoms with van der Waals surface area (Å²) < 4.78 is 0. The Hall–Kier alpha value is -3.91. The van der Waals surface area contributed by atoms with Gasteiger partial charge in [-0.25, -0.2) is 4.98 Å².